The van der Waals surface area contributed by atoms with Crippen LogP contribution in [0.15, 0.2) is 47.1 Å². The quantitative estimate of drug-likeness (QED) is 0.639. The normalized spacial score (nSPS) is 12.1. The molecule has 142 valence electrons. The highest BCUT2D eigenvalue weighted by atomic mass is 16.3. The summed E-state index contributed by atoms with van der Waals surface area (Å²) in [5.41, 5.74) is 1.74. The summed E-state index contributed by atoms with van der Waals surface area (Å²) < 4.78 is 6.99. The van der Waals surface area contributed by atoms with Crippen molar-refractivity contribution in [2.75, 3.05) is 6.54 Å². The van der Waals surface area contributed by atoms with E-state index in [2.05, 4.69) is 15.6 Å². The molecule has 0 radical (unpaired) electrons. The average Bonchev–Trinajstić information content (AvgIpc) is 3.30. The van der Waals surface area contributed by atoms with Crippen LogP contribution in [0, 0.1) is 0 Å². The lowest BCUT2D eigenvalue weighted by Gasteiger charge is -2.14. The summed E-state index contributed by atoms with van der Waals surface area (Å²) in [6.07, 6.45) is 2.85. The maximum Gasteiger partial charge on any atom is 0.286 e. The van der Waals surface area contributed by atoms with Crippen LogP contribution < -0.4 is 10.6 Å². The number of aromatic nitrogens is 2. The molecule has 2 heterocycles. The van der Waals surface area contributed by atoms with Crippen LogP contribution in [0.25, 0.3) is 11.0 Å². The molecule has 3 rings (SSSR count). The number of imidazole rings is 1. The van der Waals surface area contributed by atoms with E-state index in [0.717, 1.165) is 23.3 Å². The lowest BCUT2D eigenvalue weighted by atomic mass is 10.2. The fourth-order valence-corrected chi connectivity index (χ4v) is 2.84. The topological polar surface area (TPSA) is 89.2 Å². The number of amides is 2. The predicted octanol–water partition coefficient (Wildman–Crippen LogP) is 2.52. The SMILES string of the molecule is CCC(C)NC(=O)Cn1c(CCNC(=O)c2ccco2)nc2ccccc21. The van der Waals surface area contributed by atoms with Crippen molar-refractivity contribution in [3.05, 3.63) is 54.2 Å². The van der Waals surface area contributed by atoms with E-state index in [-0.39, 0.29) is 30.2 Å². The van der Waals surface area contributed by atoms with Gasteiger partial charge in [0, 0.05) is 19.0 Å². The number of rotatable bonds is 8. The van der Waals surface area contributed by atoms with Crippen molar-refractivity contribution >= 4 is 22.8 Å². The van der Waals surface area contributed by atoms with Crippen molar-refractivity contribution in [2.24, 2.45) is 0 Å². The first kappa shape index (κ1) is 18.7. The molecule has 0 fully saturated rings. The maximum absolute atomic E-state index is 12.4. The number of hydrogen-bond donors (Lipinski definition) is 2. The highest BCUT2D eigenvalue weighted by Crippen LogP contribution is 2.16. The van der Waals surface area contributed by atoms with Crippen molar-refractivity contribution in [1.29, 1.82) is 0 Å². The van der Waals surface area contributed by atoms with E-state index in [4.69, 9.17) is 4.42 Å². The lowest BCUT2D eigenvalue weighted by molar-refractivity contribution is -0.122. The second-order valence-electron chi connectivity index (χ2n) is 6.46. The molecule has 1 unspecified atom stereocenters. The zero-order valence-electron chi connectivity index (χ0n) is 15.6. The standard InChI is InChI=1S/C20H24N4O3/c1-3-14(2)22-19(25)13-24-16-8-5-4-7-15(16)23-18(24)10-11-21-20(26)17-9-6-12-27-17/h4-9,12,14H,3,10-11,13H2,1-2H3,(H,21,26)(H,22,25). The first-order chi connectivity index (χ1) is 13.1. The minimum atomic E-state index is -0.267. The van der Waals surface area contributed by atoms with Crippen LogP contribution in [-0.4, -0.2) is 34.0 Å². The third kappa shape index (κ3) is 4.55. The molecule has 2 N–H and O–H groups in total. The number of nitrogens with zero attached hydrogens (tertiary/aromatic N) is 2. The largest absolute Gasteiger partial charge is 0.459 e. The number of hydrogen-bond acceptors (Lipinski definition) is 4. The predicted molar refractivity (Wildman–Crippen MR) is 102 cm³/mol. The molecule has 27 heavy (non-hydrogen) atoms. The van der Waals surface area contributed by atoms with Gasteiger partial charge in [0.15, 0.2) is 5.76 Å². The van der Waals surface area contributed by atoms with Crippen LogP contribution in [-0.2, 0) is 17.8 Å². The number of para-hydroxylation sites is 2. The summed E-state index contributed by atoms with van der Waals surface area (Å²) in [4.78, 5) is 29.0. The van der Waals surface area contributed by atoms with Gasteiger partial charge < -0.3 is 19.6 Å². The van der Waals surface area contributed by atoms with Gasteiger partial charge >= 0.3 is 0 Å². The molecule has 7 nitrogen and oxygen atoms in total. The van der Waals surface area contributed by atoms with Gasteiger partial charge in [0.25, 0.3) is 5.91 Å². The molecule has 0 bridgehead atoms. The maximum atomic E-state index is 12.4. The van der Waals surface area contributed by atoms with Gasteiger partial charge in [-0.3, -0.25) is 9.59 Å². The first-order valence-electron chi connectivity index (χ1n) is 9.13. The van der Waals surface area contributed by atoms with E-state index >= 15 is 0 Å². The van der Waals surface area contributed by atoms with Crippen molar-refractivity contribution in [3.8, 4) is 0 Å². The molecule has 1 aromatic carbocycles. The Balaban J connectivity index is 1.72. The number of carbonyl (C=O) groups is 2. The van der Waals surface area contributed by atoms with Gasteiger partial charge in [0.05, 0.1) is 17.3 Å². The third-order valence-electron chi connectivity index (χ3n) is 4.43. The summed E-state index contributed by atoms with van der Waals surface area (Å²) in [7, 11) is 0. The zero-order valence-corrected chi connectivity index (χ0v) is 15.6. The van der Waals surface area contributed by atoms with Crippen LogP contribution in [0.5, 0.6) is 0 Å². The third-order valence-corrected chi connectivity index (χ3v) is 4.43. The Bertz CT molecular complexity index is 915. The minimum Gasteiger partial charge on any atom is -0.459 e. The van der Waals surface area contributed by atoms with E-state index in [1.54, 1.807) is 12.1 Å². The van der Waals surface area contributed by atoms with Crippen LogP contribution in [0.2, 0.25) is 0 Å². The lowest BCUT2D eigenvalue weighted by Crippen LogP contribution is -2.35. The van der Waals surface area contributed by atoms with Crippen molar-refractivity contribution in [1.82, 2.24) is 20.2 Å². The Kier molecular flexibility index (Phi) is 5.90. The van der Waals surface area contributed by atoms with E-state index in [9.17, 15) is 9.59 Å². The monoisotopic (exact) mass is 368 g/mol. The fourth-order valence-electron chi connectivity index (χ4n) is 2.84. The minimum absolute atomic E-state index is 0.0478. The summed E-state index contributed by atoms with van der Waals surface area (Å²) in [6.45, 7) is 4.61. The molecule has 7 heteroatoms. The molecule has 0 aliphatic carbocycles. The van der Waals surface area contributed by atoms with Gasteiger partial charge in [-0.2, -0.15) is 0 Å². The smallest absolute Gasteiger partial charge is 0.286 e. The van der Waals surface area contributed by atoms with E-state index in [0.29, 0.717) is 13.0 Å². The van der Waals surface area contributed by atoms with Gasteiger partial charge in [-0.25, -0.2) is 4.98 Å². The molecule has 0 saturated carbocycles. The highest BCUT2D eigenvalue weighted by Gasteiger charge is 2.15. The van der Waals surface area contributed by atoms with Crippen molar-refractivity contribution in [3.63, 3.8) is 0 Å². The number of nitrogens with one attached hydrogen (secondary N) is 2. The molecular formula is C20H24N4O3. The second-order valence-corrected chi connectivity index (χ2v) is 6.46. The first-order valence-corrected chi connectivity index (χ1v) is 9.13. The number of carbonyl (C=O) groups excluding carboxylic acids is 2. The summed E-state index contributed by atoms with van der Waals surface area (Å²) in [6, 6.07) is 11.1. The van der Waals surface area contributed by atoms with Crippen molar-refractivity contribution < 1.29 is 14.0 Å². The Morgan fingerprint density at radius 2 is 2.04 bits per heavy atom. The van der Waals surface area contributed by atoms with Crippen LogP contribution in [0.1, 0.15) is 36.6 Å². The van der Waals surface area contributed by atoms with Gasteiger partial charge in [-0.15, -0.1) is 0 Å². The number of benzene rings is 1. The molecule has 0 aliphatic heterocycles. The molecule has 1 atom stereocenters. The van der Waals surface area contributed by atoms with E-state index < -0.39 is 0 Å². The Hall–Kier alpha value is -3.09. The van der Waals surface area contributed by atoms with E-state index in [1.165, 1.54) is 6.26 Å². The van der Waals surface area contributed by atoms with Gasteiger partial charge in [-0.1, -0.05) is 19.1 Å². The zero-order chi connectivity index (χ0) is 19.2. The summed E-state index contributed by atoms with van der Waals surface area (Å²) in [5, 5.41) is 5.80. The average molecular weight is 368 g/mol. The second kappa shape index (κ2) is 8.53. The van der Waals surface area contributed by atoms with Gasteiger partial charge in [0.1, 0.15) is 12.4 Å². The molecule has 0 spiro atoms. The highest BCUT2D eigenvalue weighted by molar-refractivity contribution is 5.91. The summed E-state index contributed by atoms with van der Waals surface area (Å²) in [5.74, 6) is 0.720. The summed E-state index contributed by atoms with van der Waals surface area (Å²) >= 11 is 0. The Labute approximate surface area is 157 Å². The molecule has 0 saturated heterocycles. The molecule has 2 aromatic heterocycles. The van der Waals surface area contributed by atoms with Gasteiger partial charge in [0.2, 0.25) is 5.91 Å². The number of furan rings is 1. The molecular weight excluding hydrogens is 344 g/mol. The van der Waals surface area contributed by atoms with Crippen molar-refractivity contribution in [2.45, 2.75) is 39.3 Å². The number of fused-ring (bicyclic) bond motifs is 1. The molecule has 0 aliphatic rings. The van der Waals surface area contributed by atoms with Crippen LogP contribution >= 0.6 is 0 Å². The van der Waals surface area contributed by atoms with E-state index in [1.807, 2.05) is 42.7 Å². The van der Waals surface area contributed by atoms with Crippen LogP contribution in [0.3, 0.4) is 0 Å². The Morgan fingerprint density at radius 1 is 1.22 bits per heavy atom. The van der Waals surface area contributed by atoms with Crippen LogP contribution in [0.4, 0.5) is 0 Å². The van der Waals surface area contributed by atoms with Gasteiger partial charge in [-0.05, 0) is 37.6 Å². The Morgan fingerprint density at radius 3 is 2.78 bits per heavy atom. The molecule has 2 amide bonds. The molecule has 3 aromatic rings. The fraction of sp³-hybridized carbons (Fsp3) is 0.350.